The minimum atomic E-state index is -0.498. The first kappa shape index (κ1) is 21.3. The lowest BCUT2D eigenvalue weighted by Gasteiger charge is -2.31. The normalized spacial score (nSPS) is 13.4. The van der Waals surface area contributed by atoms with Crippen LogP contribution in [0.2, 0.25) is 5.02 Å². The Morgan fingerprint density at radius 2 is 1.90 bits per heavy atom. The number of nitrogens with one attached hydrogen (secondary N) is 2. The lowest BCUT2D eigenvalue weighted by molar-refractivity contribution is 0.155. The molecule has 0 spiro atoms. The van der Waals surface area contributed by atoms with Crippen LogP contribution in [0.15, 0.2) is 72.6 Å². The lowest BCUT2D eigenvalue weighted by Crippen LogP contribution is -2.38. The molecule has 2 aromatic carbocycles. The number of benzene rings is 2. The lowest BCUT2D eigenvalue weighted by atomic mass is 10.1. The molecule has 0 radical (unpaired) electrons. The molecule has 1 aliphatic heterocycles. The molecule has 1 heterocycles. The van der Waals surface area contributed by atoms with E-state index < -0.39 is 6.09 Å². The number of ether oxygens (including phenoxy) is 2. The van der Waals surface area contributed by atoms with Crippen LogP contribution in [-0.4, -0.2) is 31.4 Å². The molecule has 0 bridgehead atoms. The van der Waals surface area contributed by atoms with E-state index in [2.05, 4.69) is 10.7 Å². The van der Waals surface area contributed by atoms with Crippen molar-refractivity contribution >= 4 is 29.5 Å². The number of alkyl carbamates (subject to hydrolysis) is 1. The van der Waals surface area contributed by atoms with E-state index >= 15 is 0 Å². The number of halogens is 1. The van der Waals surface area contributed by atoms with Gasteiger partial charge in [0, 0.05) is 16.8 Å². The molecule has 2 aromatic rings. The third-order valence-electron chi connectivity index (χ3n) is 4.35. The molecule has 30 heavy (non-hydrogen) atoms. The SMILES string of the molecule is CCOC(=O)NC1=C(c2ccc(OC)cc2)N(CC=Cc2ccc(Cl)cc2)NC=C1. The van der Waals surface area contributed by atoms with Crippen molar-refractivity contribution in [3.63, 3.8) is 0 Å². The summed E-state index contributed by atoms with van der Waals surface area (Å²) in [6, 6.07) is 15.3. The maximum atomic E-state index is 12.0. The van der Waals surface area contributed by atoms with Crippen LogP contribution in [-0.2, 0) is 4.74 Å². The number of hydrogen-bond acceptors (Lipinski definition) is 5. The zero-order valence-electron chi connectivity index (χ0n) is 16.9. The largest absolute Gasteiger partial charge is 0.497 e. The van der Waals surface area contributed by atoms with Crippen LogP contribution in [0.25, 0.3) is 11.8 Å². The van der Waals surface area contributed by atoms with Crippen molar-refractivity contribution in [2.24, 2.45) is 0 Å². The Labute approximate surface area is 181 Å². The zero-order chi connectivity index (χ0) is 21.3. The van der Waals surface area contributed by atoms with Crippen molar-refractivity contribution in [3.8, 4) is 5.75 Å². The maximum Gasteiger partial charge on any atom is 0.411 e. The Balaban J connectivity index is 1.87. The van der Waals surface area contributed by atoms with E-state index in [4.69, 9.17) is 21.1 Å². The fourth-order valence-electron chi connectivity index (χ4n) is 2.95. The average molecular weight is 426 g/mol. The number of rotatable bonds is 7. The van der Waals surface area contributed by atoms with Crippen LogP contribution in [0.3, 0.4) is 0 Å². The number of amides is 1. The number of methoxy groups -OCH3 is 1. The van der Waals surface area contributed by atoms with Gasteiger partial charge in [-0.2, -0.15) is 0 Å². The molecule has 1 aliphatic rings. The molecule has 1 amide bonds. The number of carbonyl (C=O) groups excluding carboxylic acids is 1. The fourth-order valence-corrected chi connectivity index (χ4v) is 3.08. The molecule has 7 heteroatoms. The standard InChI is InChI=1S/C23H24ClN3O3/c1-3-30-23(28)26-21-14-15-25-27(16-4-5-17-6-10-19(24)11-7-17)22(21)18-8-12-20(29-2)13-9-18/h4-15,25H,3,16H2,1-2H3,(H,26,28). The highest BCUT2D eigenvalue weighted by Crippen LogP contribution is 2.26. The molecular weight excluding hydrogens is 402 g/mol. The fraction of sp³-hybridized carbons (Fsp3) is 0.174. The van der Waals surface area contributed by atoms with Gasteiger partial charge in [-0.05, 0) is 55.0 Å². The Bertz CT molecular complexity index is 951. The van der Waals surface area contributed by atoms with E-state index in [1.807, 2.05) is 65.7 Å². The summed E-state index contributed by atoms with van der Waals surface area (Å²) in [6.45, 7) is 2.62. The third kappa shape index (κ3) is 5.58. The Hall–Kier alpha value is -3.38. The van der Waals surface area contributed by atoms with Crippen molar-refractivity contribution < 1.29 is 14.3 Å². The van der Waals surface area contributed by atoms with E-state index in [1.165, 1.54) is 0 Å². The summed E-state index contributed by atoms with van der Waals surface area (Å²) in [6.07, 6.45) is 7.11. The highest BCUT2D eigenvalue weighted by Gasteiger charge is 2.20. The van der Waals surface area contributed by atoms with E-state index in [0.29, 0.717) is 23.9 Å². The first-order valence-electron chi connectivity index (χ1n) is 9.55. The number of hydrazine groups is 1. The predicted molar refractivity (Wildman–Crippen MR) is 120 cm³/mol. The van der Waals surface area contributed by atoms with Crippen molar-refractivity contribution in [2.75, 3.05) is 20.3 Å². The van der Waals surface area contributed by atoms with Gasteiger partial charge in [-0.3, -0.25) is 10.3 Å². The van der Waals surface area contributed by atoms with E-state index in [0.717, 1.165) is 22.6 Å². The molecule has 0 saturated carbocycles. The average Bonchev–Trinajstić information content (AvgIpc) is 2.76. The second-order valence-electron chi connectivity index (χ2n) is 6.36. The molecule has 0 fully saturated rings. The van der Waals surface area contributed by atoms with Crippen molar-refractivity contribution in [2.45, 2.75) is 6.92 Å². The van der Waals surface area contributed by atoms with Gasteiger partial charge in [0.2, 0.25) is 0 Å². The van der Waals surface area contributed by atoms with Crippen LogP contribution in [0, 0.1) is 0 Å². The molecule has 0 unspecified atom stereocenters. The van der Waals surface area contributed by atoms with Gasteiger partial charge < -0.3 is 14.9 Å². The molecule has 0 aromatic heterocycles. The zero-order valence-corrected chi connectivity index (χ0v) is 17.6. The number of carbonyl (C=O) groups is 1. The molecular formula is C23H24ClN3O3. The predicted octanol–water partition coefficient (Wildman–Crippen LogP) is 4.81. The minimum absolute atomic E-state index is 0.298. The van der Waals surface area contributed by atoms with Crippen molar-refractivity contribution in [1.82, 2.24) is 15.8 Å². The van der Waals surface area contributed by atoms with Crippen LogP contribution >= 0.6 is 11.6 Å². The van der Waals surface area contributed by atoms with Crippen LogP contribution in [0.5, 0.6) is 5.75 Å². The summed E-state index contributed by atoms with van der Waals surface area (Å²) in [5, 5.41) is 5.46. The summed E-state index contributed by atoms with van der Waals surface area (Å²) in [4.78, 5) is 12.0. The van der Waals surface area contributed by atoms with Gasteiger partial charge in [-0.15, -0.1) is 0 Å². The van der Waals surface area contributed by atoms with Gasteiger partial charge in [-0.1, -0.05) is 35.9 Å². The highest BCUT2D eigenvalue weighted by atomic mass is 35.5. The maximum absolute atomic E-state index is 12.0. The molecule has 6 nitrogen and oxygen atoms in total. The van der Waals surface area contributed by atoms with Crippen LogP contribution in [0.4, 0.5) is 4.79 Å². The van der Waals surface area contributed by atoms with E-state index in [1.54, 1.807) is 26.3 Å². The molecule has 2 N–H and O–H groups in total. The first-order valence-corrected chi connectivity index (χ1v) is 9.93. The van der Waals surface area contributed by atoms with Gasteiger partial charge in [0.25, 0.3) is 0 Å². The quantitative estimate of drug-likeness (QED) is 0.666. The van der Waals surface area contributed by atoms with Gasteiger partial charge >= 0.3 is 6.09 Å². The highest BCUT2D eigenvalue weighted by molar-refractivity contribution is 6.30. The smallest absolute Gasteiger partial charge is 0.411 e. The summed E-state index contributed by atoms with van der Waals surface area (Å²) in [7, 11) is 1.63. The van der Waals surface area contributed by atoms with Gasteiger partial charge in [0.1, 0.15) is 5.75 Å². The molecule has 3 rings (SSSR count). The number of allylic oxidation sites excluding steroid dienone is 1. The first-order chi connectivity index (χ1) is 14.6. The summed E-state index contributed by atoms with van der Waals surface area (Å²) < 4.78 is 10.3. The van der Waals surface area contributed by atoms with Crippen molar-refractivity contribution in [1.29, 1.82) is 0 Å². The molecule has 0 aliphatic carbocycles. The third-order valence-corrected chi connectivity index (χ3v) is 4.60. The number of nitrogens with zero attached hydrogens (tertiary/aromatic N) is 1. The van der Waals surface area contributed by atoms with Gasteiger partial charge in [0.15, 0.2) is 0 Å². The molecule has 0 atom stereocenters. The second kappa shape index (κ2) is 10.4. The summed E-state index contributed by atoms with van der Waals surface area (Å²) in [5.41, 5.74) is 6.64. The van der Waals surface area contributed by atoms with Gasteiger partial charge in [-0.25, -0.2) is 4.79 Å². The van der Waals surface area contributed by atoms with E-state index in [9.17, 15) is 4.79 Å². The van der Waals surface area contributed by atoms with Crippen molar-refractivity contribution in [3.05, 3.63) is 88.7 Å². The minimum Gasteiger partial charge on any atom is -0.497 e. The Kier molecular flexibility index (Phi) is 7.40. The number of hydrogen-bond donors (Lipinski definition) is 2. The molecule has 0 saturated heterocycles. The Morgan fingerprint density at radius 1 is 1.17 bits per heavy atom. The Morgan fingerprint density at radius 3 is 2.57 bits per heavy atom. The second-order valence-corrected chi connectivity index (χ2v) is 6.80. The topological polar surface area (TPSA) is 62.8 Å². The van der Waals surface area contributed by atoms with Gasteiger partial charge in [0.05, 0.1) is 31.7 Å². The summed E-state index contributed by atoms with van der Waals surface area (Å²) in [5.74, 6) is 0.757. The summed E-state index contributed by atoms with van der Waals surface area (Å²) >= 11 is 5.95. The molecule has 156 valence electrons. The monoisotopic (exact) mass is 425 g/mol. The van der Waals surface area contributed by atoms with E-state index in [-0.39, 0.29) is 0 Å². The van der Waals surface area contributed by atoms with Crippen LogP contribution < -0.4 is 15.5 Å². The van der Waals surface area contributed by atoms with Crippen LogP contribution in [0.1, 0.15) is 18.1 Å².